The van der Waals surface area contributed by atoms with Gasteiger partial charge in [-0.1, -0.05) is 50.1 Å². The summed E-state index contributed by atoms with van der Waals surface area (Å²) in [6.45, 7) is 7.00. The Hall–Kier alpha value is -0.890. The molecule has 0 spiro atoms. The Kier molecular flexibility index (Phi) is 7.07. The predicted octanol–water partition coefficient (Wildman–Crippen LogP) is 5.15. The summed E-state index contributed by atoms with van der Waals surface area (Å²) < 4.78 is 19.0. The van der Waals surface area contributed by atoms with Crippen LogP contribution in [-0.2, 0) is 11.3 Å². The molecular weight excluding hydrogens is 239 g/mol. The van der Waals surface area contributed by atoms with Crippen molar-refractivity contribution in [3.63, 3.8) is 0 Å². The summed E-state index contributed by atoms with van der Waals surface area (Å²) in [5, 5.41) is 0. The number of rotatable bonds is 9. The van der Waals surface area contributed by atoms with Gasteiger partial charge in [0.1, 0.15) is 5.67 Å². The topological polar surface area (TPSA) is 9.23 Å². The van der Waals surface area contributed by atoms with Gasteiger partial charge in [-0.25, -0.2) is 4.39 Å². The third-order valence-corrected chi connectivity index (χ3v) is 3.33. The van der Waals surface area contributed by atoms with Crippen molar-refractivity contribution in [3.8, 4) is 0 Å². The van der Waals surface area contributed by atoms with Crippen LogP contribution in [0.2, 0.25) is 0 Å². The molecule has 1 rings (SSSR count). The van der Waals surface area contributed by atoms with Crippen molar-refractivity contribution < 1.29 is 9.13 Å². The minimum Gasteiger partial charge on any atom is -0.377 e. The summed E-state index contributed by atoms with van der Waals surface area (Å²) in [7, 11) is 0. The monoisotopic (exact) mass is 266 g/mol. The summed E-state index contributed by atoms with van der Waals surface area (Å²) >= 11 is 0. The van der Waals surface area contributed by atoms with E-state index in [1.807, 2.05) is 18.2 Å². The van der Waals surface area contributed by atoms with E-state index in [-0.39, 0.29) is 0 Å². The maximum atomic E-state index is 13.3. The second-order valence-corrected chi connectivity index (χ2v) is 6.04. The van der Waals surface area contributed by atoms with Crippen LogP contribution in [0.4, 0.5) is 4.39 Å². The van der Waals surface area contributed by atoms with E-state index in [9.17, 15) is 4.39 Å². The first-order chi connectivity index (χ1) is 8.97. The number of alkyl halides is 1. The number of halogens is 1. The van der Waals surface area contributed by atoms with Crippen LogP contribution in [0.3, 0.4) is 0 Å². The van der Waals surface area contributed by atoms with Crippen LogP contribution in [0.15, 0.2) is 30.3 Å². The second-order valence-electron chi connectivity index (χ2n) is 6.04. The number of hydrogen-bond donors (Lipinski definition) is 0. The molecule has 0 aliphatic heterocycles. The molecule has 0 aromatic heterocycles. The van der Waals surface area contributed by atoms with Gasteiger partial charge in [0, 0.05) is 6.61 Å². The maximum Gasteiger partial charge on any atom is 0.105 e. The van der Waals surface area contributed by atoms with Crippen LogP contribution in [0, 0.1) is 5.92 Å². The van der Waals surface area contributed by atoms with Crippen molar-refractivity contribution in [2.75, 3.05) is 6.61 Å². The molecule has 0 aliphatic rings. The van der Waals surface area contributed by atoms with Crippen LogP contribution in [0.25, 0.3) is 0 Å². The molecule has 0 amide bonds. The summed E-state index contributed by atoms with van der Waals surface area (Å²) in [6.07, 6.45) is 3.76. The first-order valence-electron chi connectivity index (χ1n) is 7.28. The van der Waals surface area contributed by atoms with E-state index < -0.39 is 5.67 Å². The molecular formula is C17H27FO. The van der Waals surface area contributed by atoms with Crippen molar-refractivity contribution in [1.29, 1.82) is 0 Å². The number of ether oxygens (including phenoxy) is 1. The Morgan fingerprint density at radius 3 is 2.47 bits per heavy atom. The van der Waals surface area contributed by atoms with Crippen LogP contribution < -0.4 is 0 Å². The van der Waals surface area contributed by atoms with Gasteiger partial charge in [-0.15, -0.1) is 0 Å². The van der Waals surface area contributed by atoms with Crippen molar-refractivity contribution in [2.24, 2.45) is 5.92 Å². The first kappa shape index (κ1) is 16.2. The van der Waals surface area contributed by atoms with Crippen molar-refractivity contribution in [2.45, 2.75) is 58.7 Å². The van der Waals surface area contributed by atoms with Gasteiger partial charge in [-0.2, -0.15) is 0 Å². The molecule has 0 radical (unpaired) electrons. The zero-order chi connectivity index (χ0) is 14.1. The SMILES string of the molecule is CC(CCCC(C)(C)F)CCOCc1ccccc1. The van der Waals surface area contributed by atoms with Crippen molar-refractivity contribution in [3.05, 3.63) is 35.9 Å². The molecule has 0 saturated heterocycles. The van der Waals surface area contributed by atoms with E-state index in [4.69, 9.17) is 4.74 Å². The largest absolute Gasteiger partial charge is 0.377 e. The maximum absolute atomic E-state index is 13.3. The highest BCUT2D eigenvalue weighted by atomic mass is 19.1. The molecule has 1 aromatic carbocycles. The standard InChI is InChI=1S/C17H27FO/c1-15(8-7-12-17(2,3)18)11-13-19-14-16-9-5-4-6-10-16/h4-6,9-10,15H,7-8,11-14H2,1-3H3. The molecule has 108 valence electrons. The minimum absolute atomic E-state index is 0.609. The molecule has 0 heterocycles. The summed E-state index contributed by atoms with van der Waals surface area (Å²) in [5.41, 5.74) is 0.193. The lowest BCUT2D eigenvalue weighted by Crippen LogP contribution is -2.12. The molecule has 0 fully saturated rings. The highest BCUT2D eigenvalue weighted by molar-refractivity contribution is 5.13. The Morgan fingerprint density at radius 2 is 1.84 bits per heavy atom. The van der Waals surface area contributed by atoms with E-state index in [0.717, 1.165) is 25.9 Å². The minimum atomic E-state index is -1.02. The fraction of sp³-hybridized carbons (Fsp3) is 0.647. The molecule has 1 unspecified atom stereocenters. The van der Waals surface area contributed by atoms with Crippen molar-refractivity contribution in [1.82, 2.24) is 0 Å². The summed E-state index contributed by atoms with van der Waals surface area (Å²) in [4.78, 5) is 0. The molecule has 0 saturated carbocycles. The zero-order valence-corrected chi connectivity index (χ0v) is 12.5. The fourth-order valence-corrected chi connectivity index (χ4v) is 2.06. The van der Waals surface area contributed by atoms with E-state index in [1.165, 1.54) is 5.56 Å². The Labute approximate surface area is 117 Å². The van der Waals surface area contributed by atoms with Gasteiger partial charge in [0.15, 0.2) is 0 Å². The highest BCUT2D eigenvalue weighted by Crippen LogP contribution is 2.20. The molecule has 1 nitrogen and oxygen atoms in total. The molecule has 0 aliphatic carbocycles. The molecule has 0 N–H and O–H groups in total. The van der Waals surface area contributed by atoms with Gasteiger partial charge in [-0.3, -0.25) is 0 Å². The zero-order valence-electron chi connectivity index (χ0n) is 12.5. The average molecular weight is 266 g/mol. The van der Waals surface area contributed by atoms with Gasteiger partial charge in [0.05, 0.1) is 6.61 Å². The van der Waals surface area contributed by atoms with E-state index in [2.05, 4.69) is 19.1 Å². The van der Waals surface area contributed by atoms with E-state index in [1.54, 1.807) is 13.8 Å². The summed E-state index contributed by atoms with van der Waals surface area (Å²) in [6, 6.07) is 10.2. The molecule has 1 atom stereocenters. The molecule has 0 bridgehead atoms. The Morgan fingerprint density at radius 1 is 1.16 bits per heavy atom. The lowest BCUT2D eigenvalue weighted by molar-refractivity contribution is 0.107. The highest BCUT2D eigenvalue weighted by Gasteiger charge is 2.15. The fourth-order valence-electron chi connectivity index (χ4n) is 2.06. The Bertz CT molecular complexity index is 329. The molecule has 19 heavy (non-hydrogen) atoms. The van der Waals surface area contributed by atoms with Crippen LogP contribution >= 0.6 is 0 Å². The molecule has 2 heteroatoms. The Balaban J connectivity index is 2.03. The lowest BCUT2D eigenvalue weighted by atomic mass is 9.96. The second kappa shape index (κ2) is 8.31. The van der Waals surface area contributed by atoms with E-state index in [0.29, 0.717) is 18.9 Å². The third-order valence-electron chi connectivity index (χ3n) is 3.33. The van der Waals surface area contributed by atoms with Crippen LogP contribution in [0.5, 0.6) is 0 Å². The van der Waals surface area contributed by atoms with E-state index >= 15 is 0 Å². The van der Waals surface area contributed by atoms with Crippen LogP contribution in [0.1, 0.15) is 52.0 Å². The lowest BCUT2D eigenvalue weighted by Gasteiger charge is -2.16. The average Bonchev–Trinajstić information content (AvgIpc) is 2.34. The third kappa shape index (κ3) is 8.77. The number of hydrogen-bond acceptors (Lipinski definition) is 1. The van der Waals surface area contributed by atoms with Gasteiger partial charge >= 0.3 is 0 Å². The molecule has 1 aromatic rings. The smallest absolute Gasteiger partial charge is 0.105 e. The summed E-state index contributed by atoms with van der Waals surface area (Å²) in [5.74, 6) is 0.609. The van der Waals surface area contributed by atoms with Crippen molar-refractivity contribution >= 4 is 0 Å². The van der Waals surface area contributed by atoms with Gasteiger partial charge in [-0.05, 0) is 38.2 Å². The predicted molar refractivity (Wildman–Crippen MR) is 78.9 cm³/mol. The van der Waals surface area contributed by atoms with Gasteiger partial charge in [0.2, 0.25) is 0 Å². The van der Waals surface area contributed by atoms with Gasteiger partial charge in [0.25, 0.3) is 0 Å². The number of benzene rings is 1. The quantitative estimate of drug-likeness (QED) is 0.562. The first-order valence-corrected chi connectivity index (χ1v) is 7.28. The van der Waals surface area contributed by atoms with Gasteiger partial charge < -0.3 is 4.74 Å². The van der Waals surface area contributed by atoms with Crippen LogP contribution in [-0.4, -0.2) is 12.3 Å². The normalized spacial score (nSPS) is 13.5.